The average Bonchev–Trinajstić information content (AvgIpc) is 3.52. The Morgan fingerprint density at radius 3 is 2.79 bits per heavy atom. The van der Waals surface area contributed by atoms with Gasteiger partial charge < -0.3 is 10.3 Å². The maximum absolute atomic E-state index is 4.91. The van der Waals surface area contributed by atoms with Crippen molar-refractivity contribution in [1.29, 1.82) is 0 Å². The van der Waals surface area contributed by atoms with Gasteiger partial charge in [0.15, 0.2) is 11.5 Å². The summed E-state index contributed by atoms with van der Waals surface area (Å²) in [6.45, 7) is 1.86. The molecule has 7 nitrogen and oxygen atoms in total. The lowest BCUT2D eigenvalue weighted by Crippen LogP contribution is -2.20. The SMILES string of the molecule is C1=C(c2ccc3[nH]nc(-c4nc5c(-c6ccsc6)nccc5[nH]4)c3n2)CCNC1. The summed E-state index contributed by atoms with van der Waals surface area (Å²) in [6.07, 6.45) is 4.99. The predicted molar refractivity (Wildman–Crippen MR) is 116 cm³/mol. The number of aromatic nitrogens is 6. The summed E-state index contributed by atoms with van der Waals surface area (Å²) in [4.78, 5) is 17.7. The molecule has 0 fully saturated rings. The monoisotopic (exact) mass is 399 g/mol. The van der Waals surface area contributed by atoms with Gasteiger partial charge in [-0.3, -0.25) is 10.1 Å². The second-order valence-corrected chi connectivity index (χ2v) is 7.78. The number of H-pyrrole nitrogens is 2. The van der Waals surface area contributed by atoms with E-state index in [2.05, 4.69) is 49.1 Å². The van der Waals surface area contributed by atoms with Gasteiger partial charge >= 0.3 is 0 Å². The second-order valence-electron chi connectivity index (χ2n) is 7.00. The number of hydrogen-bond acceptors (Lipinski definition) is 6. The zero-order valence-corrected chi connectivity index (χ0v) is 16.3. The molecular formula is C21H17N7S. The molecule has 0 spiro atoms. The number of imidazole rings is 1. The Balaban J connectivity index is 1.50. The van der Waals surface area contributed by atoms with Crippen molar-refractivity contribution in [1.82, 2.24) is 35.5 Å². The predicted octanol–water partition coefficient (Wildman–Crippen LogP) is 4.00. The van der Waals surface area contributed by atoms with Crippen LogP contribution in [0.2, 0.25) is 0 Å². The van der Waals surface area contributed by atoms with Crippen LogP contribution in [-0.4, -0.2) is 43.2 Å². The van der Waals surface area contributed by atoms with E-state index in [0.29, 0.717) is 5.82 Å². The van der Waals surface area contributed by atoms with E-state index in [1.54, 1.807) is 17.5 Å². The molecule has 0 amide bonds. The summed E-state index contributed by atoms with van der Waals surface area (Å²) in [5, 5.41) is 15.1. The van der Waals surface area contributed by atoms with E-state index in [9.17, 15) is 0 Å². The highest BCUT2D eigenvalue weighted by molar-refractivity contribution is 7.08. The van der Waals surface area contributed by atoms with Gasteiger partial charge in [-0.1, -0.05) is 6.08 Å². The first-order valence-corrected chi connectivity index (χ1v) is 10.4. The summed E-state index contributed by atoms with van der Waals surface area (Å²) >= 11 is 1.65. The van der Waals surface area contributed by atoms with Crippen LogP contribution in [0.15, 0.2) is 47.3 Å². The first-order chi connectivity index (χ1) is 14.4. The molecule has 0 aromatic carbocycles. The molecule has 6 rings (SSSR count). The van der Waals surface area contributed by atoms with Crippen LogP contribution in [0.25, 0.3) is 50.4 Å². The molecule has 142 valence electrons. The van der Waals surface area contributed by atoms with Crippen molar-refractivity contribution >= 4 is 39.0 Å². The van der Waals surface area contributed by atoms with Crippen molar-refractivity contribution in [3.8, 4) is 22.8 Å². The van der Waals surface area contributed by atoms with Crippen molar-refractivity contribution in [3.63, 3.8) is 0 Å². The minimum Gasteiger partial charge on any atom is -0.336 e. The topological polar surface area (TPSA) is 95.2 Å². The number of thiophene rings is 1. The molecule has 5 aromatic rings. The smallest absolute Gasteiger partial charge is 0.161 e. The summed E-state index contributed by atoms with van der Waals surface area (Å²) in [7, 11) is 0. The van der Waals surface area contributed by atoms with Gasteiger partial charge in [0.05, 0.1) is 22.4 Å². The molecule has 0 unspecified atom stereocenters. The van der Waals surface area contributed by atoms with Crippen LogP contribution in [-0.2, 0) is 0 Å². The lowest BCUT2D eigenvalue weighted by molar-refractivity contribution is 0.737. The van der Waals surface area contributed by atoms with Gasteiger partial charge in [0.1, 0.15) is 11.0 Å². The maximum atomic E-state index is 4.91. The third-order valence-electron chi connectivity index (χ3n) is 5.22. The summed E-state index contributed by atoms with van der Waals surface area (Å²) in [5.41, 5.74) is 8.44. The average molecular weight is 399 g/mol. The van der Waals surface area contributed by atoms with E-state index in [1.807, 2.05) is 17.5 Å². The fourth-order valence-electron chi connectivity index (χ4n) is 3.76. The van der Waals surface area contributed by atoms with Gasteiger partial charge in [0, 0.05) is 23.7 Å². The highest BCUT2D eigenvalue weighted by Crippen LogP contribution is 2.31. The fraction of sp³-hybridized carbons (Fsp3) is 0.143. The van der Waals surface area contributed by atoms with Gasteiger partial charge in [-0.05, 0) is 48.2 Å². The number of nitrogens with one attached hydrogen (secondary N) is 3. The molecule has 5 aromatic heterocycles. The summed E-state index contributed by atoms with van der Waals surface area (Å²) < 4.78 is 0. The Morgan fingerprint density at radius 1 is 0.966 bits per heavy atom. The van der Waals surface area contributed by atoms with E-state index in [4.69, 9.17) is 9.97 Å². The van der Waals surface area contributed by atoms with Crippen molar-refractivity contribution < 1.29 is 0 Å². The highest BCUT2D eigenvalue weighted by Gasteiger charge is 2.18. The number of fused-ring (bicyclic) bond motifs is 2. The minimum atomic E-state index is 0.694. The third-order valence-corrected chi connectivity index (χ3v) is 5.90. The first kappa shape index (κ1) is 16.6. The Morgan fingerprint density at radius 2 is 1.93 bits per heavy atom. The van der Waals surface area contributed by atoms with Crippen molar-refractivity contribution in [3.05, 3.63) is 53.0 Å². The molecule has 1 aliphatic rings. The van der Waals surface area contributed by atoms with E-state index in [1.165, 1.54) is 5.57 Å². The molecule has 29 heavy (non-hydrogen) atoms. The molecule has 1 aliphatic heterocycles. The molecule has 0 saturated carbocycles. The Hall–Kier alpha value is -3.36. The largest absolute Gasteiger partial charge is 0.336 e. The van der Waals surface area contributed by atoms with Crippen molar-refractivity contribution in [2.45, 2.75) is 6.42 Å². The van der Waals surface area contributed by atoms with E-state index < -0.39 is 0 Å². The summed E-state index contributed by atoms with van der Waals surface area (Å²) in [6, 6.07) is 8.09. The number of nitrogens with zero attached hydrogens (tertiary/aromatic N) is 4. The normalized spacial score (nSPS) is 14.6. The van der Waals surface area contributed by atoms with Gasteiger partial charge in [0.2, 0.25) is 0 Å². The van der Waals surface area contributed by atoms with Gasteiger partial charge in [0.25, 0.3) is 0 Å². The first-order valence-electron chi connectivity index (χ1n) is 9.50. The lowest BCUT2D eigenvalue weighted by Gasteiger charge is -2.13. The van der Waals surface area contributed by atoms with Crippen LogP contribution in [0.4, 0.5) is 0 Å². The molecule has 8 heteroatoms. The third kappa shape index (κ3) is 2.76. The van der Waals surface area contributed by atoms with Crippen molar-refractivity contribution in [2.75, 3.05) is 13.1 Å². The standard InChI is InChI=1S/C21H17N7S/c1-2-16-19(24-14(1)12-3-7-22-8-4-12)20(28-27-16)21-25-15-5-9-23-17(18(15)26-21)13-6-10-29-11-13/h1-3,5-6,9-11,22H,4,7-8H2,(H,25,26)(H,27,28). The van der Waals surface area contributed by atoms with Crippen LogP contribution in [0, 0.1) is 0 Å². The molecule has 0 radical (unpaired) electrons. The fourth-order valence-corrected chi connectivity index (χ4v) is 4.40. The van der Waals surface area contributed by atoms with E-state index in [-0.39, 0.29) is 0 Å². The molecule has 0 bridgehead atoms. The van der Waals surface area contributed by atoms with Gasteiger partial charge in [-0.25, -0.2) is 9.97 Å². The lowest BCUT2D eigenvalue weighted by atomic mass is 10.1. The highest BCUT2D eigenvalue weighted by atomic mass is 32.1. The van der Waals surface area contributed by atoms with Crippen LogP contribution in [0.1, 0.15) is 12.1 Å². The molecule has 0 atom stereocenters. The quantitative estimate of drug-likeness (QED) is 0.426. The molecule has 0 aliphatic carbocycles. The van der Waals surface area contributed by atoms with E-state index >= 15 is 0 Å². The van der Waals surface area contributed by atoms with Gasteiger partial charge in [-0.2, -0.15) is 16.4 Å². The maximum Gasteiger partial charge on any atom is 0.161 e. The Bertz CT molecular complexity index is 1360. The molecule has 6 heterocycles. The van der Waals surface area contributed by atoms with E-state index in [0.717, 1.165) is 64.2 Å². The Kier molecular flexibility index (Phi) is 3.78. The van der Waals surface area contributed by atoms with Gasteiger partial charge in [-0.15, -0.1) is 0 Å². The number of pyridine rings is 2. The summed E-state index contributed by atoms with van der Waals surface area (Å²) in [5.74, 6) is 0.694. The molecule has 0 saturated heterocycles. The van der Waals surface area contributed by atoms with Crippen LogP contribution < -0.4 is 5.32 Å². The molecular weight excluding hydrogens is 382 g/mol. The zero-order chi connectivity index (χ0) is 19.2. The number of rotatable bonds is 3. The Labute approximate surface area is 169 Å². The number of hydrogen-bond donors (Lipinski definition) is 3. The van der Waals surface area contributed by atoms with Crippen molar-refractivity contribution in [2.24, 2.45) is 0 Å². The van der Waals surface area contributed by atoms with Crippen LogP contribution in [0.5, 0.6) is 0 Å². The number of aromatic amines is 2. The van der Waals surface area contributed by atoms with Crippen LogP contribution in [0.3, 0.4) is 0 Å². The molecule has 3 N–H and O–H groups in total. The zero-order valence-electron chi connectivity index (χ0n) is 15.4. The second kappa shape index (κ2) is 6.61. The minimum absolute atomic E-state index is 0.694. The van der Waals surface area contributed by atoms with Crippen LogP contribution >= 0.6 is 11.3 Å².